The Balaban J connectivity index is 2.18. The van der Waals surface area contributed by atoms with Gasteiger partial charge in [0.2, 0.25) is 0 Å². The quantitative estimate of drug-likeness (QED) is 0.677. The van der Waals surface area contributed by atoms with Crippen LogP contribution < -0.4 is 5.19 Å². The molecule has 2 heteroatoms. The zero-order chi connectivity index (χ0) is 15.8. The average Bonchev–Trinajstić information content (AvgIpc) is 2.85. The highest BCUT2D eigenvalue weighted by Gasteiger charge is 2.41. The Hall–Kier alpha value is -1.39. The molecular weight excluding hydrogens is 296 g/mol. The molecule has 0 aromatic heterocycles. The van der Waals surface area contributed by atoms with Gasteiger partial charge in [0.25, 0.3) is 0 Å². The lowest BCUT2D eigenvalue weighted by molar-refractivity contribution is 1.17. The lowest BCUT2D eigenvalue weighted by atomic mass is 10.2. The summed E-state index contributed by atoms with van der Waals surface area (Å²) in [7, 11) is -2.87. The first-order chi connectivity index (χ1) is 10.4. The maximum atomic E-state index is 2.55. The van der Waals surface area contributed by atoms with E-state index in [0.717, 1.165) is 0 Å². The standard InChI is InChI=1S/C20H26Si2/c1-21(2)16-15-19(20(21)17-11-7-5-8-12-17)22(3,4)18-13-9-6-10-14-18/h5-14H,15-16H2,1-4H3. The fourth-order valence-corrected chi connectivity index (χ4v) is 12.0. The van der Waals surface area contributed by atoms with Crippen molar-refractivity contribution in [3.8, 4) is 0 Å². The van der Waals surface area contributed by atoms with Crippen LogP contribution >= 0.6 is 0 Å². The molecule has 0 aliphatic carbocycles. The summed E-state index contributed by atoms with van der Waals surface area (Å²) in [6.45, 7) is 10.2. The average molecular weight is 323 g/mol. The van der Waals surface area contributed by atoms with Crippen molar-refractivity contribution in [3.05, 3.63) is 71.4 Å². The van der Waals surface area contributed by atoms with Crippen molar-refractivity contribution in [2.75, 3.05) is 0 Å². The van der Waals surface area contributed by atoms with Crippen LogP contribution in [0.4, 0.5) is 0 Å². The zero-order valence-corrected chi connectivity index (χ0v) is 16.2. The monoisotopic (exact) mass is 322 g/mol. The van der Waals surface area contributed by atoms with Gasteiger partial charge >= 0.3 is 0 Å². The highest BCUT2D eigenvalue weighted by Crippen LogP contribution is 2.44. The van der Waals surface area contributed by atoms with Gasteiger partial charge in [-0.25, -0.2) is 0 Å². The summed E-state index contributed by atoms with van der Waals surface area (Å²) in [4.78, 5) is 0. The largest absolute Gasteiger partial charge is 0.107 e. The van der Waals surface area contributed by atoms with Gasteiger partial charge in [0, 0.05) is 0 Å². The predicted molar refractivity (Wildman–Crippen MR) is 104 cm³/mol. The van der Waals surface area contributed by atoms with Gasteiger partial charge in [-0.1, -0.05) is 108 Å². The molecule has 2 aromatic rings. The number of allylic oxidation sites excluding steroid dienone is 1. The smallest absolute Gasteiger partial charge is 0.0764 e. The van der Waals surface area contributed by atoms with E-state index in [4.69, 9.17) is 0 Å². The van der Waals surface area contributed by atoms with Crippen LogP contribution in [0.25, 0.3) is 5.20 Å². The Bertz CT molecular complexity index is 682. The van der Waals surface area contributed by atoms with Gasteiger partial charge in [-0.05, 0) is 12.0 Å². The van der Waals surface area contributed by atoms with Crippen LogP contribution in [0.1, 0.15) is 12.0 Å². The van der Waals surface area contributed by atoms with Crippen molar-refractivity contribution in [1.29, 1.82) is 0 Å². The molecule has 0 amide bonds. The van der Waals surface area contributed by atoms with Crippen molar-refractivity contribution in [2.24, 2.45) is 0 Å². The second-order valence-corrected chi connectivity index (χ2v) is 16.8. The maximum absolute atomic E-state index is 2.55. The molecule has 0 spiro atoms. The first-order valence-corrected chi connectivity index (χ1v) is 14.5. The molecule has 22 heavy (non-hydrogen) atoms. The molecule has 1 heterocycles. The number of benzene rings is 2. The van der Waals surface area contributed by atoms with E-state index >= 15 is 0 Å². The normalized spacial score (nSPS) is 17.8. The summed E-state index contributed by atoms with van der Waals surface area (Å²) in [5.74, 6) is 0. The molecule has 0 saturated carbocycles. The van der Waals surface area contributed by atoms with Crippen LogP contribution in [0.5, 0.6) is 0 Å². The summed E-state index contributed by atoms with van der Waals surface area (Å²) in [5, 5.41) is 5.14. The second kappa shape index (κ2) is 5.67. The van der Waals surface area contributed by atoms with E-state index in [2.05, 4.69) is 86.9 Å². The van der Waals surface area contributed by atoms with Gasteiger partial charge in [0.1, 0.15) is 8.07 Å². The van der Waals surface area contributed by atoms with E-state index in [0.29, 0.717) is 0 Å². The Kier molecular flexibility index (Phi) is 4.00. The van der Waals surface area contributed by atoms with Crippen LogP contribution in [0, 0.1) is 0 Å². The molecule has 0 nitrogen and oxygen atoms in total. The maximum Gasteiger partial charge on any atom is 0.107 e. The molecule has 0 saturated heterocycles. The summed E-state index contributed by atoms with van der Waals surface area (Å²) >= 11 is 0. The lowest BCUT2D eigenvalue weighted by Gasteiger charge is -2.29. The van der Waals surface area contributed by atoms with Crippen LogP contribution in [-0.4, -0.2) is 16.1 Å². The minimum Gasteiger partial charge on any atom is -0.0764 e. The molecule has 114 valence electrons. The molecule has 0 fully saturated rings. The summed E-state index contributed by atoms with van der Waals surface area (Å²) in [5.41, 5.74) is 1.49. The van der Waals surface area contributed by atoms with Crippen LogP contribution in [-0.2, 0) is 0 Å². The van der Waals surface area contributed by atoms with E-state index in [1.54, 1.807) is 10.4 Å². The highest BCUT2D eigenvalue weighted by atomic mass is 28.3. The Morgan fingerprint density at radius 1 is 0.818 bits per heavy atom. The van der Waals surface area contributed by atoms with Crippen molar-refractivity contribution >= 4 is 26.5 Å². The van der Waals surface area contributed by atoms with Crippen molar-refractivity contribution in [2.45, 2.75) is 38.7 Å². The lowest BCUT2D eigenvalue weighted by Crippen LogP contribution is -2.44. The number of hydrogen-bond donors (Lipinski definition) is 0. The molecular formula is C20H26Si2. The first-order valence-electron chi connectivity index (χ1n) is 8.28. The number of hydrogen-bond acceptors (Lipinski definition) is 0. The van der Waals surface area contributed by atoms with Crippen molar-refractivity contribution in [1.82, 2.24) is 0 Å². The topological polar surface area (TPSA) is 0 Å². The highest BCUT2D eigenvalue weighted by molar-refractivity contribution is 7.04. The fraction of sp³-hybridized carbons (Fsp3) is 0.300. The van der Waals surface area contributed by atoms with Gasteiger partial charge in [-0.15, -0.1) is 0 Å². The van der Waals surface area contributed by atoms with Gasteiger partial charge in [0.05, 0.1) is 8.07 Å². The van der Waals surface area contributed by atoms with Crippen molar-refractivity contribution in [3.63, 3.8) is 0 Å². The van der Waals surface area contributed by atoms with E-state index in [9.17, 15) is 0 Å². The van der Waals surface area contributed by atoms with Gasteiger partial charge < -0.3 is 0 Å². The molecule has 0 radical (unpaired) electrons. The zero-order valence-electron chi connectivity index (χ0n) is 14.2. The van der Waals surface area contributed by atoms with Gasteiger partial charge in [0.15, 0.2) is 0 Å². The summed E-state index contributed by atoms with van der Waals surface area (Å²) < 4.78 is 0. The molecule has 0 bridgehead atoms. The summed E-state index contributed by atoms with van der Waals surface area (Å²) in [6.07, 6.45) is 1.32. The molecule has 1 aliphatic rings. The molecule has 0 atom stereocenters. The van der Waals surface area contributed by atoms with E-state index in [1.807, 2.05) is 5.20 Å². The SMILES string of the molecule is C[Si]1(C)CCC([Si](C)(C)c2ccccc2)=C1c1ccccc1. The van der Waals surface area contributed by atoms with Gasteiger partial charge in [-0.2, -0.15) is 0 Å². The third-order valence-electron chi connectivity index (χ3n) is 5.29. The molecule has 2 aromatic carbocycles. The van der Waals surface area contributed by atoms with E-state index in [-0.39, 0.29) is 0 Å². The number of rotatable bonds is 3. The molecule has 0 N–H and O–H groups in total. The Morgan fingerprint density at radius 2 is 1.36 bits per heavy atom. The van der Waals surface area contributed by atoms with Crippen LogP contribution in [0.2, 0.25) is 32.2 Å². The Labute approximate surface area is 136 Å². The molecule has 3 rings (SSSR count). The first kappa shape index (κ1) is 15.5. The van der Waals surface area contributed by atoms with Crippen LogP contribution in [0.3, 0.4) is 0 Å². The van der Waals surface area contributed by atoms with Gasteiger partial charge in [-0.3, -0.25) is 0 Å². The fourth-order valence-electron chi connectivity index (χ4n) is 3.92. The predicted octanol–water partition coefficient (Wildman–Crippen LogP) is 5.25. The Morgan fingerprint density at radius 3 is 1.95 bits per heavy atom. The summed E-state index contributed by atoms with van der Waals surface area (Å²) in [6, 6.07) is 23.8. The van der Waals surface area contributed by atoms with E-state index in [1.165, 1.54) is 18.0 Å². The third-order valence-corrected chi connectivity index (χ3v) is 12.8. The van der Waals surface area contributed by atoms with Crippen LogP contribution in [0.15, 0.2) is 65.9 Å². The molecule has 0 unspecified atom stereocenters. The van der Waals surface area contributed by atoms with Crippen molar-refractivity contribution < 1.29 is 0 Å². The van der Waals surface area contributed by atoms with E-state index < -0.39 is 16.1 Å². The minimum atomic E-state index is -1.57. The molecule has 1 aliphatic heterocycles. The minimum absolute atomic E-state index is 1.30. The second-order valence-electron chi connectivity index (χ2n) is 7.59. The third kappa shape index (κ3) is 2.66.